The predicted molar refractivity (Wildman–Crippen MR) is 94.7 cm³/mol. The average Bonchev–Trinajstić information content (AvgIpc) is 2.87. The van der Waals surface area contributed by atoms with Crippen LogP contribution in [0, 0.1) is 0 Å². The molecule has 1 aromatic heterocycles. The van der Waals surface area contributed by atoms with E-state index in [9.17, 15) is 9.59 Å². The van der Waals surface area contributed by atoms with Crippen molar-refractivity contribution in [2.24, 2.45) is 0 Å². The molecule has 0 bridgehead atoms. The van der Waals surface area contributed by atoms with E-state index in [2.05, 4.69) is 5.32 Å². The normalized spacial score (nSPS) is 12.5. The van der Waals surface area contributed by atoms with Crippen LogP contribution in [-0.2, 0) is 14.3 Å². The van der Waals surface area contributed by atoms with Crippen LogP contribution in [0.2, 0.25) is 5.02 Å². The van der Waals surface area contributed by atoms with Crippen LogP contribution in [0.5, 0.6) is 0 Å². The highest BCUT2D eigenvalue weighted by molar-refractivity contribution is 7.20. The molecule has 0 unspecified atom stereocenters. The Morgan fingerprint density at radius 1 is 1.39 bits per heavy atom. The number of thiophene rings is 1. The number of hydrogen-bond acceptors (Lipinski definition) is 4. The quantitative estimate of drug-likeness (QED) is 0.631. The van der Waals surface area contributed by atoms with E-state index in [-0.39, 0.29) is 5.91 Å². The molecule has 0 saturated heterocycles. The van der Waals surface area contributed by atoms with Gasteiger partial charge in [-0.1, -0.05) is 36.7 Å². The second-order valence-corrected chi connectivity index (χ2v) is 6.44. The lowest BCUT2D eigenvalue weighted by Crippen LogP contribution is -2.35. The summed E-state index contributed by atoms with van der Waals surface area (Å²) in [6.45, 7) is 4.06. The van der Waals surface area contributed by atoms with E-state index in [4.69, 9.17) is 16.3 Å². The standard InChI is InChI=1S/C17H18ClNO3S/c1-3-10-19-17(21)11(2)22-15(20)9-8-14-16(18)12-6-4-5-7-13(12)23-14/h4-9,11H,3,10H2,1-2H3,(H,19,21)/b9-8+/t11-/m1/s1. The summed E-state index contributed by atoms with van der Waals surface area (Å²) in [5.41, 5.74) is 0. The molecular formula is C17H18ClNO3S. The Morgan fingerprint density at radius 2 is 2.13 bits per heavy atom. The first-order valence-electron chi connectivity index (χ1n) is 7.36. The second-order valence-electron chi connectivity index (χ2n) is 4.98. The molecule has 0 aliphatic heterocycles. The van der Waals surface area contributed by atoms with Crippen molar-refractivity contribution in [1.82, 2.24) is 5.32 Å². The Bertz CT molecular complexity index is 739. The molecule has 1 amide bonds. The van der Waals surface area contributed by atoms with Crippen LogP contribution in [0.25, 0.3) is 16.2 Å². The van der Waals surface area contributed by atoms with Gasteiger partial charge in [0.05, 0.1) is 5.02 Å². The number of ether oxygens (including phenoxy) is 1. The fourth-order valence-corrected chi connectivity index (χ4v) is 3.34. The summed E-state index contributed by atoms with van der Waals surface area (Å²) in [5, 5.41) is 4.25. The molecule has 0 spiro atoms. The molecule has 1 atom stereocenters. The van der Waals surface area contributed by atoms with Gasteiger partial charge in [0.15, 0.2) is 6.10 Å². The Morgan fingerprint density at radius 3 is 2.83 bits per heavy atom. The Balaban J connectivity index is 2.00. The third-order valence-electron chi connectivity index (χ3n) is 3.14. The summed E-state index contributed by atoms with van der Waals surface area (Å²) in [6.07, 6.45) is 2.92. The van der Waals surface area contributed by atoms with Crippen LogP contribution < -0.4 is 5.32 Å². The van der Waals surface area contributed by atoms with Crippen molar-refractivity contribution < 1.29 is 14.3 Å². The first-order chi connectivity index (χ1) is 11.0. The van der Waals surface area contributed by atoms with Gasteiger partial charge in [-0.3, -0.25) is 4.79 Å². The molecule has 1 aromatic carbocycles. The van der Waals surface area contributed by atoms with Crippen molar-refractivity contribution in [3.63, 3.8) is 0 Å². The number of amides is 1. The minimum absolute atomic E-state index is 0.298. The molecule has 1 N–H and O–H groups in total. The van der Waals surface area contributed by atoms with E-state index in [0.717, 1.165) is 21.4 Å². The lowest BCUT2D eigenvalue weighted by molar-refractivity contribution is -0.150. The molecule has 122 valence electrons. The highest BCUT2D eigenvalue weighted by atomic mass is 35.5. The molecule has 2 rings (SSSR count). The summed E-state index contributed by atoms with van der Waals surface area (Å²) in [7, 11) is 0. The molecular weight excluding hydrogens is 334 g/mol. The summed E-state index contributed by atoms with van der Waals surface area (Å²) < 4.78 is 6.12. The zero-order valence-electron chi connectivity index (χ0n) is 13.0. The Kier molecular flexibility index (Phi) is 6.19. The number of fused-ring (bicyclic) bond motifs is 1. The number of esters is 1. The van der Waals surface area contributed by atoms with Gasteiger partial charge in [-0.2, -0.15) is 0 Å². The van der Waals surface area contributed by atoms with Gasteiger partial charge in [-0.05, 0) is 25.5 Å². The molecule has 6 heteroatoms. The van der Waals surface area contributed by atoms with Gasteiger partial charge in [0.25, 0.3) is 5.91 Å². The summed E-state index contributed by atoms with van der Waals surface area (Å²) >= 11 is 7.79. The van der Waals surface area contributed by atoms with E-state index < -0.39 is 12.1 Å². The minimum atomic E-state index is -0.823. The zero-order chi connectivity index (χ0) is 16.8. The van der Waals surface area contributed by atoms with Gasteiger partial charge < -0.3 is 10.1 Å². The van der Waals surface area contributed by atoms with Gasteiger partial charge in [-0.25, -0.2) is 4.79 Å². The number of halogens is 1. The van der Waals surface area contributed by atoms with E-state index in [1.807, 2.05) is 31.2 Å². The van der Waals surface area contributed by atoms with Crippen molar-refractivity contribution in [2.75, 3.05) is 6.54 Å². The van der Waals surface area contributed by atoms with Gasteiger partial charge in [0, 0.05) is 27.6 Å². The Labute approximate surface area is 144 Å². The number of hydrogen-bond donors (Lipinski definition) is 1. The first kappa shape index (κ1) is 17.5. The highest BCUT2D eigenvalue weighted by Crippen LogP contribution is 2.35. The van der Waals surface area contributed by atoms with Crippen LogP contribution in [0.3, 0.4) is 0 Å². The SMILES string of the molecule is CCCNC(=O)[C@@H](C)OC(=O)/C=C/c1sc2ccccc2c1Cl. The van der Waals surface area contributed by atoms with Gasteiger partial charge in [0.1, 0.15) is 0 Å². The molecule has 2 aromatic rings. The number of rotatable bonds is 6. The van der Waals surface area contributed by atoms with Crippen LogP contribution in [0.4, 0.5) is 0 Å². The van der Waals surface area contributed by atoms with Gasteiger partial charge >= 0.3 is 5.97 Å². The van der Waals surface area contributed by atoms with E-state index in [1.165, 1.54) is 17.4 Å². The van der Waals surface area contributed by atoms with Crippen molar-refractivity contribution in [2.45, 2.75) is 26.4 Å². The van der Waals surface area contributed by atoms with Crippen LogP contribution >= 0.6 is 22.9 Å². The topological polar surface area (TPSA) is 55.4 Å². The van der Waals surface area contributed by atoms with E-state index >= 15 is 0 Å². The predicted octanol–water partition coefficient (Wildman–Crippen LogP) is 4.03. The van der Waals surface area contributed by atoms with Crippen molar-refractivity contribution in [3.8, 4) is 0 Å². The third kappa shape index (κ3) is 4.56. The lowest BCUT2D eigenvalue weighted by Gasteiger charge is -2.11. The fraction of sp³-hybridized carbons (Fsp3) is 0.294. The maximum absolute atomic E-state index is 11.8. The molecule has 0 fully saturated rings. The fourth-order valence-electron chi connectivity index (χ4n) is 1.94. The van der Waals surface area contributed by atoms with E-state index in [0.29, 0.717) is 11.6 Å². The lowest BCUT2D eigenvalue weighted by atomic mass is 10.2. The summed E-state index contributed by atoms with van der Waals surface area (Å²) in [6, 6.07) is 7.76. The molecule has 0 aliphatic rings. The monoisotopic (exact) mass is 351 g/mol. The smallest absolute Gasteiger partial charge is 0.331 e. The van der Waals surface area contributed by atoms with Gasteiger partial charge in [-0.15, -0.1) is 11.3 Å². The molecule has 1 heterocycles. The summed E-state index contributed by atoms with van der Waals surface area (Å²) in [5.74, 6) is -0.869. The number of carbonyl (C=O) groups excluding carboxylic acids is 2. The summed E-state index contributed by atoms with van der Waals surface area (Å²) in [4.78, 5) is 24.2. The highest BCUT2D eigenvalue weighted by Gasteiger charge is 2.15. The van der Waals surface area contributed by atoms with Crippen LogP contribution in [0.1, 0.15) is 25.1 Å². The first-order valence-corrected chi connectivity index (χ1v) is 8.55. The third-order valence-corrected chi connectivity index (χ3v) is 4.80. The average molecular weight is 352 g/mol. The maximum Gasteiger partial charge on any atom is 0.331 e. The van der Waals surface area contributed by atoms with E-state index in [1.54, 1.807) is 13.0 Å². The van der Waals surface area contributed by atoms with Crippen LogP contribution in [-0.4, -0.2) is 24.5 Å². The van der Waals surface area contributed by atoms with Gasteiger partial charge in [0.2, 0.25) is 0 Å². The largest absolute Gasteiger partial charge is 0.449 e. The van der Waals surface area contributed by atoms with Crippen molar-refractivity contribution in [1.29, 1.82) is 0 Å². The minimum Gasteiger partial charge on any atom is -0.449 e. The van der Waals surface area contributed by atoms with Crippen LogP contribution in [0.15, 0.2) is 30.3 Å². The molecule has 0 saturated carbocycles. The number of benzene rings is 1. The van der Waals surface area contributed by atoms with Crippen molar-refractivity contribution in [3.05, 3.63) is 40.2 Å². The molecule has 0 radical (unpaired) electrons. The number of carbonyl (C=O) groups is 2. The Hall–Kier alpha value is -1.85. The zero-order valence-corrected chi connectivity index (χ0v) is 14.5. The maximum atomic E-state index is 11.8. The molecule has 0 aliphatic carbocycles. The number of nitrogens with one attached hydrogen (secondary N) is 1. The second kappa shape index (κ2) is 8.13. The van der Waals surface area contributed by atoms with Crippen molar-refractivity contribution >= 4 is 51.0 Å². The molecule has 23 heavy (non-hydrogen) atoms. The molecule has 4 nitrogen and oxygen atoms in total.